The number of amides is 4. The van der Waals surface area contributed by atoms with E-state index in [4.69, 9.17) is 4.74 Å². The molecule has 0 saturated carbocycles. The second-order valence-electron chi connectivity index (χ2n) is 13.1. The van der Waals surface area contributed by atoms with Crippen LogP contribution >= 0.6 is 0 Å². The number of likely N-dealkylation sites (N-methyl/N-ethyl adjacent to an activating group) is 1. The van der Waals surface area contributed by atoms with Gasteiger partial charge in [0.2, 0.25) is 23.6 Å². The molecule has 10 nitrogen and oxygen atoms in total. The zero-order chi connectivity index (χ0) is 34.9. The van der Waals surface area contributed by atoms with Crippen molar-refractivity contribution in [1.82, 2.24) is 25.8 Å². The van der Waals surface area contributed by atoms with E-state index in [9.17, 15) is 19.2 Å². The number of hydrogen-bond acceptors (Lipinski definition) is 6. The molecule has 3 aliphatic heterocycles. The molecule has 3 heterocycles. The molecule has 0 spiro atoms. The van der Waals surface area contributed by atoms with Gasteiger partial charge in [-0.05, 0) is 61.3 Å². The molecule has 3 N–H and O–H groups in total. The highest BCUT2D eigenvalue weighted by molar-refractivity contribution is 5.96. The van der Waals surface area contributed by atoms with Gasteiger partial charge in [0, 0.05) is 25.6 Å². The number of fused-ring (bicyclic) bond motifs is 7. The Labute approximate surface area is 288 Å². The number of ether oxygens (including phenoxy) is 1. The number of benzene rings is 3. The zero-order valence-corrected chi connectivity index (χ0v) is 28.7. The first kappa shape index (κ1) is 35.3. The van der Waals surface area contributed by atoms with Crippen LogP contribution < -0.4 is 20.7 Å². The predicted octanol–water partition coefficient (Wildman–Crippen LogP) is 3.57. The molecule has 3 aromatic rings. The van der Waals surface area contributed by atoms with Gasteiger partial charge in [-0.15, -0.1) is 0 Å². The maximum atomic E-state index is 14.5. The lowest BCUT2D eigenvalue weighted by Gasteiger charge is -2.34. The van der Waals surface area contributed by atoms with Gasteiger partial charge in [-0.2, -0.15) is 0 Å². The Bertz CT molecular complexity index is 1610. The first-order chi connectivity index (χ1) is 23.6. The van der Waals surface area contributed by atoms with Crippen LogP contribution in [0.4, 0.5) is 0 Å². The summed E-state index contributed by atoms with van der Waals surface area (Å²) in [5.74, 6) is -1.13. The van der Waals surface area contributed by atoms with Crippen molar-refractivity contribution in [2.75, 3.05) is 20.6 Å². The third kappa shape index (κ3) is 8.94. The molecule has 258 valence electrons. The fraction of sp³-hybridized carbons (Fsp3) is 0.385. The molecule has 0 aliphatic carbocycles. The number of nitrogens with one attached hydrogen (secondary N) is 3. The lowest BCUT2D eigenvalue weighted by atomic mass is 9.96. The van der Waals surface area contributed by atoms with Crippen molar-refractivity contribution in [2.45, 2.75) is 69.8 Å². The van der Waals surface area contributed by atoms with Crippen molar-refractivity contribution in [3.63, 3.8) is 0 Å². The molecule has 6 unspecified atom stereocenters. The summed E-state index contributed by atoms with van der Waals surface area (Å²) in [7, 11) is 3.69. The predicted molar refractivity (Wildman–Crippen MR) is 189 cm³/mol. The van der Waals surface area contributed by atoms with Crippen molar-refractivity contribution >= 4 is 29.7 Å². The van der Waals surface area contributed by atoms with Crippen molar-refractivity contribution in [2.24, 2.45) is 5.92 Å². The maximum Gasteiger partial charge on any atom is 0.247 e. The molecule has 4 amide bonds. The van der Waals surface area contributed by atoms with Crippen molar-refractivity contribution in [1.29, 1.82) is 0 Å². The van der Waals surface area contributed by atoms with Gasteiger partial charge < -0.3 is 25.6 Å². The zero-order valence-electron chi connectivity index (χ0n) is 28.7. The van der Waals surface area contributed by atoms with E-state index in [1.54, 1.807) is 24.4 Å². The van der Waals surface area contributed by atoms with E-state index in [1.165, 1.54) is 4.90 Å². The summed E-state index contributed by atoms with van der Waals surface area (Å²) in [5, 5.41) is 8.83. The summed E-state index contributed by atoms with van der Waals surface area (Å²) >= 11 is 0. The van der Waals surface area contributed by atoms with Crippen LogP contribution in [0.25, 0.3) is 6.08 Å². The fourth-order valence-corrected chi connectivity index (χ4v) is 6.37. The Balaban J connectivity index is 1.44. The lowest BCUT2D eigenvalue weighted by Crippen LogP contribution is -2.61. The van der Waals surface area contributed by atoms with Crippen LogP contribution in [-0.4, -0.2) is 84.3 Å². The van der Waals surface area contributed by atoms with E-state index in [0.29, 0.717) is 25.0 Å². The Morgan fingerprint density at radius 2 is 1.59 bits per heavy atom. The lowest BCUT2D eigenvalue weighted by molar-refractivity contribution is -0.145. The first-order valence-electron chi connectivity index (χ1n) is 17.0. The van der Waals surface area contributed by atoms with Crippen LogP contribution in [0, 0.1) is 5.92 Å². The molecule has 1 fully saturated rings. The van der Waals surface area contributed by atoms with Gasteiger partial charge in [0.15, 0.2) is 0 Å². The van der Waals surface area contributed by atoms with Gasteiger partial charge in [-0.25, -0.2) is 0 Å². The van der Waals surface area contributed by atoms with Crippen LogP contribution in [0.1, 0.15) is 43.4 Å². The van der Waals surface area contributed by atoms with Gasteiger partial charge in [-0.1, -0.05) is 93.1 Å². The normalized spacial score (nSPS) is 21.1. The summed E-state index contributed by atoms with van der Waals surface area (Å²) < 4.78 is 6.38. The minimum absolute atomic E-state index is 0.214. The molecule has 1 saturated heterocycles. The highest BCUT2D eigenvalue weighted by atomic mass is 16.5. The van der Waals surface area contributed by atoms with Crippen molar-refractivity contribution in [3.05, 3.63) is 108 Å². The molecular weight excluding hydrogens is 618 g/mol. The van der Waals surface area contributed by atoms with Gasteiger partial charge in [0.1, 0.15) is 30.0 Å². The topological polar surface area (TPSA) is 120 Å². The van der Waals surface area contributed by atoms with Gasteiger partial charge in [-0.3, -0.25) is 24.1 Å². The summed E-state index contributed by atoms with van der Waals surface area (Å²) in [4.78, 5) is 59.5. The monoisotopic (exact) mass is 665 g/mol. The number of carbonyl (C=O) groups is 4. The molecule has 49 heavy (non-hydrogen) atoms. The average Bonchev–Trinajstić information content (AvgIpc) is 3.53. The maximum absolute atomic E-state index is 14.5. The smallest absolute Gasteiger partial charge is 0.247 e. The van der Waals surface area contributed by atoms with Gasteiger partial charge >= 0.3 is 0 Å². The van der Waals surface area contributed by atoms with E-state index >= 15 is 0 Å². The molecule has 10 heteroatoms. The average molecular weight is 666 g/mol. The summed E-state index contributed by atoms with van der Waals surface area (Å²) in [6.45, 7) is 4.15. The summed E-state index contributed by atoms with van der Waals surface area (Å²) in [6, 6.07) is 23.2. The standard InChI is InChI=1S/C39H47N5O5/c1-5-26(2)34(42-37(46)32(43(3)4)25-29-14-10-7-11-15-29)39(48)44-23-21-33-35(44)38(47)41-31(24-28-12-8-6-9-13-28)36(45)40-22-20-27-16-18-30(49-33)19-17-27/h6-20,22,26,31-35H,5,21,23-25H2,1-4H3,(H,40,45)(H,41,47)(H,42,46). The molecule has 6 atom stereocenters. The quantitative estimate of drug-likeness (QED) is 0.305. The van der Waals surface area contributed by atoms with E-state index in [1.807, 2.05) is 106 Å². The van der Waals surface area contributed by atoms with E-state index < -0.39 is 36.2 Å². The number of nitrogens with zero attached hydrogens (tertiary/aromatic N) is 2. The molecular formula is C39H47N5O5. The molecule has 3 aromatic carbocycles. The van der Waals surface area contributed by atoms with Crippen LogP contribution in [0.15, 0.2) is 91.1 Å². The number of likely N-dealkylation sites (tertiary alicyclic amines) is 1. The molecule has 3 aliphatic rings. The molecule has 2 bridgehead atoms. The Kier molecular flexibility index (Phi) is 11.9. The van der Waals surface area contributed by atoms with Crippen LogP contribution in [0.3, 0.4) is 0 Å². The van der Waals surface area contributed by atoms with Gasteiger partial charge in [0.25, 0.3) is 0 Å². The molecule has 0 radical (unpaired) electrons. The number of hydrogen-bond donors (Lipinski definition) is 3. The van der Waals surface area contributed by atoms with Crippen molar-refractivity contribution < 1.29 is 23.9 Å². The van der Waals surface area contributed by atoms with Gasteiger partial charge in [0.05, 0.1) is 6.04 Å². The third-order valence-corrected chi connectivity index (χ3v) is 9.45. The second kappa shape index (κ2) is 16.4. The largest absolute Gasteiger partial charge is 0.488 e. The second-order valence-corrected chi connectivity index (χ2v) is 13.1. The van der Waals surface area contributed by atoms with Crippen LogP contribution in [-0.2, 0) is 32.0 Å². The SMILES string of the molecule is CCC(C)C(NC(=O)C(Cc1ccccc1)N(C)C)C(=O)N1CCC2Oc3ccc(cc3)C=CNC(=O)C(Cc3ccccc3)NC(=O)C21. The van der Waals surface area contributed by atoms with Crippen LogP contribution in [0.2, 0.25) is 0 Å². The Morgan fingerprint density at radius 1 is 0.939 bits per heavy atom. The van der Waals surface area contributed by atoms with E-state index in [2.05, 4.69) is 16.0 Å². The Morgan fingerprint density at radius 3 is 2.22 bits per heavy atom. The highest BCUT2D eigenvalue weighted by Crippen LogP contribution is 2.27. The minimum Gasteiger partial charge on any atom is -0.488 e. The Hall–Kier alpha value is -4.96. The first-order valence-corrected chi connectivity index (χ1v) is 17.0. The third-order valence-electron chi connectivity index (χ3n) is 9.45. The van der Waals surface area contributed by atoms with Crippen LogP contribution in [0.5, 0.6) is 5.75 Å². The minimum atomic E-state index is -1.03. The van der Waals surface area contributed by atoms with E-state index in [-0.39, 0.29) is 36.6 Å². The van der Waals surface area contributed by atoms with Crippen molar-refractivity contribution in [3.8, 4) is 5.75 Å². The number of carbonyl (C=O) groups excluding carboxylic acids is 4. The number of rotatable bonds is 10. The van der Waals surface area contributed by atoms with E-state index in [0.717, 1.165) is 16.7 Å². The summed E-state index contributed by atoms with van der Waals surface area (Å²) in [5.41, 5.74) is 2.75. The fourth-order valence-electron chi connectivity index (χ4n) is 6.37. The summed E-state index contributed by atoms with van der Waals surface area (Å²) in [6.07, 6.45) is 4.42. The highest BCUT2D eigenvalue weighted by Gasteiger charge is 2.47. The molecule has 6 rings (SSSR count). The molecule has 0 aromatic heterocycles.